The fourth-order valence-corrected chi connectivity index (χ4v) is 4.70. The minimum atomic E-state index is -0.928. The maximum atomic E-state index is 13.4. The van der Waals surface area contributed by atoms with Crippen LogP contribution >= 0.6 is 12.4 Å². The summed E-state index contributed by atoms with van der Waals surface area (Å²) in [6.07, 6.45) is 2.30. The average Bonchev–Trinajstić information content (AvgIpc) is 3.58. The van der Waals surface area contributed by atoms with E-state index in [2.05, 4.69) is 0 Å². The van der Waals surface area contributed by atoms with Gasteiger partial charge in [-0.25, -0.2) is 4.98 Å². The third-order valence-corrected chi connectivity index (χ3v) is 6.71. The number of amidine groups is 1. The first-order chi connectivity index (χ1) is 16.1. The number of halogens is 1. The topological polar surface area (TPSA) is 107 Å². The number of ether oxygens (including phenoxy) is 1. The number of Topliss-reactive ketones (excluding diaryl/α,β-unsaturated/α-hetero) is 1. The second-order valence-electron chi connectivity index (χ2n) is 10.4. The van der Waals surface area contributed by atoms with Gasteiger partial charge in [-0.2, -0.15) is 0 Å². The Bertz CT molecular complexity index is 1200. The number of ketones is 1. The number of hydrogen-bond donors (Lipinski definition) is 2. The third-order valence-electron chi connectivity index (χ3n) is 6.71. The van der Waals surface area contributed by atoms with Crippen molar-refractivity contribution in [2.45, 2.75) is 51.5 Å². The molecule has 1 aromatic heterocycles. The molecule has 3 heterocycles. The first-order valence-electron chi connectivity index (χ1n) is 11.8. The Labute approximate surface area is 211 Å². The molecule has 0 bridgehead atoms. The third kappa shape index (κ3) is 4.85. The van der Waals surface area contributed by atoms with E-state index in [9.17, 15) is 14.7 Å². The number of carbonyl (C=O) groups excluding carboxylic acids is 1. The molecule has 2 aliphatic heterocycles. The zero-order chi connectivity index (χ0) is 24.2. The number of anilines is 1. The van der Waals surface area contributed by atoms with E-state index in [0.29, 0.717) is 48.3 Å². The molecule has 8 nitrogen and oxygen atoms in total. The van der Waals surface area contributed by atoms with Crippen molar-refractivity contribution in [3.05, 3.63) is 52.3 Å². The van der Waals surface area contributed by atoms with Gasteiger partial charge in [0.1, 0.15) is 30.4 Å². The summed E-state index contributed by atoms with van der Waals surface area (Å²) >= 11 is 0. The normalized spacial score (nSPS) is 16.8. The van der Waals surface area contributed by atoms with Gasteiger partial charge >= 0.3 is 5.97 Å². The molecule has 2 N–H and O–H groups in total. The summed E-state index contributed by atoms with van der Waals surface area (Å²) < 4.78 is 5.96. The Balaban J connectivity index is 0.00000289. The van der Waals surface area contributed by atoms with Crippen molar-refractivity contribution in [3.8, 4) is 5.75 Å². The summed E-state index contributed by atoms with van der Waals surface area (Å²) in [5.41, 5.74) is 4.41. The van der Waals surface area contributed by atoms with Crippen LogP contribution in [0.25, 0.3) is 0 Å². The van der Waals surface area contributed by atoms with E-state index < -0.39 is 5.97 Å². The number of nitrogens with zero attached hydrogens (tertiary/aromatic N) is 3. The molecular formula is C26H31ClN4O4. The van der Waals surface area contributed by atoms with Gasteiger partial charge in [-0.3, -0.25) is 15.0 Å². The summed E-state index contributed by atoms with van der Waals surface area (Å²) in [5, 5.41) is 18.0. The van der Waals surface area contributed by atoms with Crippen molar-refractivity contribution in [2.75, 3.05) is 31.1 Å². The molecule has 0 unspecified atom stereocenters. The monoisotopic (exact) mass is 498 g/mol. The van der Waals surface area contributed by atoms with Gasteiger partial charge in [0, 0.05) is 34.8 Å². The number of carbonyl (C=O) groups is 2. The Hall–Kier alpha value is -3.13. The number of nitrogens with one attached hydrogen (secondary N) is 1. The van der Waals surface area contributed by atoms with Crippen LogP contribution in [0.1, 0.15) is 72.4 Å². The second kappa shape index (κ2) is 9.15. The molecule has 0 atom stereocenters. The number of carboxylic acids is 1. The van der Waals surface area contributed by atoms with E-state index in [-0.39, 0.29) is 42.5 Å². The highest BCUT2D eigenvalue weighted by Crippen LogP contribution is 2.42. The Morgan fingerprint density at radius 3 is 2.57 bits per heavy atom. The van der Waals surface area contributed by atoms with Crippen molar-refractivity contribution in [1.82, 2.24) is 9.88 Å². The van der Waals surface area contributed by atoms with Gasteiger partial charge in [-0.05, 0) is 36.5 Å². The van der Waals surface area contributed by atoms with Crippen LogP contribution in [0.2, 0.25) is 0 Å². The van der Waals surface area contributed by atoms with Crippen LogP contribution in [0.15, 0.2) is 24.3 Å². The molecule has 2 aromatic rings. The predicted octanol–water partition coefficient (Wildman–Crippen LogP) is 3.99. The lowest BCUT2D eigenvalue weighted by Crippen LogP contribution is -2.38. The van der Waals surface area contributed by atoms with Crippen LogP contribution in [0.4, 0.5) is 5.69 Å². The molecule has 0 amide bonds. The fraction of sp³-hybridized carbons (Fsp3) is 0.462. The molecular weight excluding hydrogens is 468 g/mol. The summed E-state index contributed by atoms with van der Waals surface area (Å²) in [7, 11) is 0. The van der Waals surface area contributed by atoms with Crippen molar-refractivity contribution >= 4 is 35.7 Å². The first kappa shape index (κ1) is 25.0. The zero-order valence-corrected chi connectivity index (χ0v) is 21.1. The molecule has 35 heavy (non-hydrogen) atoms. The van der Waals surface area contributed by atoms with E-state index in [4.69, 9.17) is 15.1 Å². The molecule has 3 aliphatic rings. The molecule has 5 rings (SSSR count). The zero-order valence-electron chi connectivity index (χ0n) is 20.3. The number of hydrogen-bond acceptors (Lipinski definition) is 6. The molecule has 0 saturated heterocycles. The number of aliphatic carboxylic acids is 1. The van der Waals surface area contributed by atoms with Gasteiger partial charge in [0.05, 0.1) is 18.8 Å². The van der Waals surface area contributed by atoms with E-state index in [1.165, 1.54) is 0 Å². The van der Waals surface area contributed by atoms with Crippen molar-refractivity contribution in [3.63, 3.8) is 0 Å². The summed E-state index contributed by atoms with van der Waals surface area (Å²) in [6, 6.07) is 7.69. The van der Waals surface area contributed by atoms with Crippen LogP contribution in [-0.4, -0.2) is 58.8 Å². The summed E-state index contributed by atoms with van der Waals surface area (Å²) in [4.78, 5) is 33.1. The molecule has 0 radical (unpaired) electrons. The van der Waals surface area contributed by atoms with E-state index in [1.54, 1.807) is 15.9 Å². The number of carboxylic acid groups (broad SMARTS) is 1. The van der Waals surface area contributed by atoms with Gasteiger partial charge in [0.2, 0.25) is 0 Å². The van der Waals surface area contributed by atoms with Crippen molar-refractivity contribution in [2.24, 2.45) is 0 Å². The first-order valence-corrected chi connectivity index (χ1v) is 11.8. The molecule has 1 aliphatic carbocycles. The number of benzene rings is 1. The second-order valence-corrected chi connectivity index (χ2v) is 10.4. The van der Waals surface area contributed by atoms with Gasteiger partial charge in [-0.1, -0.05) is 26.8 Å². The minimum absolute atomic E-state index is 0. The highest BCUT2D eigenvalue weighted by atomic mass is 35.5. The van der Waals surface area contributed by atoms with Crippen LogP contribution < -0.4 is 9.64 Å². The van der Waals surface area contributed by atoms with Crippen molar-refractivity contribution in [1.29, 1.82) is 5.41 Å². The summed E-state index contributed by atoms with van der Waals surface area (Å²) in [6.45, 7) is 7.39. The van der Waals surface area contributed by atoms with Crippen molar-refractivity contribution < 1.29 is 19.4 Å². The lowest BCUT2D eigenvalue weighted by Gasteiger charge is -2.34. The number of aromatic nitrogens is 1. The number of pyridine rings is 1. The predicted molar refractivity (Wildman–Crippen MR) is 136 cm³/mol. The molecule has 1 aromatic carbocycles. The smallest absolute Gasteiger partial charge is 0.323 e. The SMILES string of the molecule is CC(C)(C)c1cc(C(=O)CN2Cc3ccc(C4CC4)nc3C2=N)cc2c1OCCN2CC(=O)O.Cl. The molecule has 1 fully saturated rings. The highest BCUT2D eigenvalue weighted by Gasteiger charge is 2.33. The van der Waals surface area contributed by atoms with E-state index in [1.807, 2.05) is 39.0 Å². The maximum absolute atomic E-state index is 13.4. The quantitative estimate of drug-likeness (QED) is 0.580. The molecule has 0 spiro atoms. The van der Waals surface area contributed by atoms with E-state index >= 15 is 0 Å². The molecule has 186 valence electrons. The lowest BCUT2D eigenvalue weighted by atomic mass is 9.84. The fourth-order valence-electron chi connectivity index (χ4n) is 4.70. The minimum Gasteiger partial charge on any atom is -0.489 e. The van der Waals surface area contributed by atoms with Gasteiger partial charge < -0.3 is 19.6 Å². The molecule has 9 heteroatoms. The molecule has 1 saturated carbocycles. The Morgan fingerprint density at radius 1 is 1.17 bits per heavy atom. The Morgan fingerprint density at radius 2 is 1.91 bits per heavy atom. The Kier molecular flexibility index (Phi) is 6.53. The van der Waals surface area contributed by atoms with Crippen LogP contribution in [0, 0.1) is 5.41 Å². The lowest BCUT2D eigenvalue weighted by molar-refractivity contribution is -0.135. The largest absolute Gasteiger partial charge is 0.489 e. The maximum Gasteiger partial charge on any atom is 0.323 e. The highest BCUT2D eigenvalue weighted by molar-refractivity contribution is 6.05. The number of rotatable bonds is 6. The standard InChI is InChI=1S/C26H30N4O4.ClH/c1-26(2,3)18-10-17(11-20-24(18)34-9-8-29(20)14-22(32)33)21(31)13-30-12-16-6-7-19(15-4-5-15)28-23(16)25(30)27;/h6-7,10-11,15,27H,4-5,8-9,12-14H2,1-3H3,(H,32,33);1H. The van der Waals surface area contributed by atoms with Crippen LogP contribution in [0.3, 0.4) is 0 Å². The van der Waals surface area contributed by atoms with Gasteiger partial charge in [0.15, 0.2) is 5.78 Å². The van der Waals surface area contributed by atoms with E-state index in [0.717, 1.165) is 29.7 Å². The average molecular weight is 499 g/mol. The summed E-state index contributed by atoms with van der Waals surface area (Å²) in [5.74, 6) is 0.402. The number of fused-ring (bicyclic) bond motifs is 2. The van der Waals surface area contributed by atoms with Crippen LogP contribution in [0.5, 0.6) is 5.75 Å². The van der Waals surface area contributed by atoms with Crippen LogP contribution in [-0.2, 0) is 16.8 Å². The van der Waals surface area contributed by atoms with Gasteiger partial charge in [0.25, 0.3) is 0 Å². The van der Waals surface area contributed by atoms with Gasteiger partial charge in [-0.15, -0.1) is 12.4 Å².